The van der Waals surface area contributed by atoms with Gasteiger partial charge in [-0.05, 0) is 47.7 Å². The smallest absolute Gasteiger partial charge is 0.257 e. The van der Waals surface area contributed by atoms with E-state index >= 15 is 0 Å². The lowest BCUT2D eigenvalue weighted by Gasteiger charge is -2.08. The van der Waals surface area contributed by atoms with Crippen molar-refractivity contribution in [3.63, 3.8) is 0 Å². The number of amides is 3. The van der Waals surface area contributed by atoms with Crippen LogP contribution in [-0.2, 0) is 20.8 Å². The molecule has 8 heteroatoms. The van der Waals surface area contributed by atoms with E-state index in [1.807, 2.05) is 44.2 Å². The summed E-state index contributed by atoms with van der Waals surface area (Å²) in [7, 11) is 0. The third-order valence-electron chi connectivity index (χ3n) is 4.26. The Bertz CT molecular complexity index is 896. The summed E-state index contributed by atoms with van der Waals surface area (Å²) in [5.41, 5.74) is 4.22. The van der Waals surface area contributed by atoms with Crippen molar-refractivity contribution >= 4 is 23.9 Å². The predicted molar refractivity (Wildman–Crippen MR) is 123 cm³/mol. The Hall–Kier alpha value is -3.68. The zero-order valence-corrected chi connectivity index (χ0v) is 18.5. The van der Waals surface area contributed by atoms with Crippen LogP contribution in [0, 0.1) is 5.92 Å². The van der Waals surface area contributed by atoms with Gasteiger partial charge in [0, 0.05) is 13.1 Å². The fraction of sp³-hybridized carbons (Fsp3) is 0.333. The molecule has 0 atom stereocenters. The van der Waals surface area contributed by atoms with Crippen molar-refractivity contribution in [3.8, 4) is 5.75 Å². The normalized spacial score (nSPS) is 10.7. The molecule has 2 aromatic rings. The maximum atomic E-state index is 11.9. The van der Waals surface area contributed by atoms with Crippen LogP contribution >= 0.6 is 0 Å². The van der Waals surface area contributed by atoms with Gasteiger partial charge in [-0.1, -0.05) is 44.2 Å². The summed E-state index contributed by atoms with van der Waals surface area (Å²) in [4.78, 5) is 35.2. The molecule has 2 aromatic carbocycles. The number of hydrogen-bond donors (Lipinski definition) is 3. The van der Waals surface area contributed by atoms with Crippen LogP contribution in [-0.4, -0.2) is 43.6 Å². The molecular weight excluding hydrogens is 408 g/mol. The lowest BCUT2D eigenvalue weighted by molar-refractivity contribution is -0.129. The molecule has 0 saturated heterocycles. The Morgan fingerprint density at radius 1 is 0.938 bits per heavy atom. The average molecular weight is 439 g/mol. The predicted octanol–water partition coefficient (Wildman–Crippen LogP) is 2.04. The second kappa shape index (κ2) is 13.6. The quantitative estimate of drug-likeness (QED) is 0.268. The van der Waals surface area contributed by atoms with Crippen molar-refractivity contribution in [2.75, 3.05) is 19.7 Å². The minimum absolute atomic E-state index is 0.0723. The first-order chi connectivity index (χ1) is 15.4. The van der Waals surface area contributed by atoms with Crippen molar-refractivity contribution in [1.29, 1.82) is 0 Å². The molecule has 0 spiro atoms. The Labute approximate surface area is 188 Å². The molecule has 0 bridgehead atoms. The van der Waals surface area contributed by atoms with E-state index in [0.717, 1.165) is 17.5 Å². The molecule has 3 N–H and O–H groups in total. The SMILES string of the molecule is CC(C)CNC(=O)CC(=O)N/N=C/c1ccc(OCC(=O)NCCc2ccccc2)cc1. The van der Waals surface area contributed by atoms with Crippen molar-refractivity contribution in [3.05, 3.63) is 65.7 Å². The van der Waals surface area contributed by atoms with Gasteiger partial charge in [-0.2, -0.15) is 5.10 Å². The summed E-state index contributed by atoms with van der Waals surface area (Å²) in [6, 6.07) is 16.8. The van der Waals surface area contributed by atoms with Crippen LogP contribution in [0.25, 0.3) is 0 Å². The summed E-state index contributed by atoms with van der Waals surface area (Å²) in [6.45, 7) is 4.95. The van der Waals surface area contributed by atoms with Crippen LogP contribution in [0.15, 0.2) is 59.7 Å². The highest BCUT2D eigenvalue weighted by atomic mass is 16.5. The number of carbonyl (C=O) groups is 3. The van der Waals surface area contributed by atoms with Crippen LogP contribution in [0.3, 0.4) is 0 Å². The van der Waals surface area contributed by atoms with Crippen LogP contribution in [0.2, 0.25) is 0 Å². The summed E-state index contributed by atoms with van der Waals surface area (Å²) < 4.78 is 5.48. The first kappa shape index (κ1) is 24.6. The fourth-order valence-electron chi connectivity index (χ4n) is 2.59. The third-order valence-corrected chi connectivity index (χ3v) is 4.26. The third kappa shape index (κ3) is 10.4. The maximum absolute atomic E-state index is 11.9. The number of benzene rings is 2. The summed E-state index contributed by atoms with van der Waals surface area (Å²) in [5, 5.41) is 9.34. The van der Waals surface area contributed by atoms with E-state index in [4.69, 9.17) is 4.74 Å². The molecule has 2 rings (SSSR count). The Balaban J connectivity index is 1.65. The summed E-state index contributed by atoms with van der Waals surface area (Å²) in [6.07, 6.45) is 1.95. The van der Waals surface area contributed by atoms with E-state index in [1.54, 1.807) is 24.3 Å². The van der Waals surface area contributed by atoms with Gasteiger partial charge in [0.25, 0.3) is 5.91 Å². The number of carbonyl (C=O) groups excluding carboxylic acids is 3. The lowest BCUT2D eigenvalue weighted by atomic mass is 10.1. The zero-order chi connectivity index (χ0) is 23.2. The second-order valence-electron chi connectivity index (χ2n) is 7.61. The van der Waals surface area contributed by atoms with Crippen molar-refractivity contribution in [2.24, 2.45) is 11.0 Å². The van der Waals surface area contributed by atoms with E-state index in [0.29, 0.717) is 24.8 Å². The molecule has 0 heterocycles. The monoisotopic (exact) mass is 438 g/mol. The van der Waals surface area contributed by atoms with Gasteiger partial charge in [0.05, 0.1) is 6.21 Å². The van der Waals surface area contributed by atoms with Crippen LogP contribution in [0.5, 0.6) is 5.75 Å². The summed E-state index contributed by atoms with van der Waals surface area (Å²) >= 11 is 0. The van der Waals surface area contributed by atoms with E-state index in [9.17, 15) is 14.4 Å². The maximum Gasteiger partial charge on any atom is 0.257 e. The second-order valence-corrected chi connectivity index (χ2v) is 7.61. The van der Waals surface area contributed by atoms with Gasteiger partial charge in [0.15, 0.2) is 6.61 Å². The molecule has 170 valence electrons. The number of ether oxygens (including phenoxy) is 1. The number of nitrogens with zero attached hydrogens (tertiary/aromatic N) is 1. The number of nitrogens with one attached hydrogen (secondary N) is 3. The molecule has 0 aliphatic carbocycles. The molecule has 3 amide bonds. The lowest BCUT2D eigenvalue weighted by Crippen LogP contribution is -2.32. The first-order valence-electron chi connectivity index (χ1n) is 10.5. The topological polar surface area (TPSA) is 109 Å². The minimum Gasteiger partial charge on any atom is -0.484 e. The van der Waals surface area contributed by atoms with Crippen LogP contribution in [0.1, 0.15) is 31.4 Å². The number of hydrazone groups is 1. The van der Waals surface area contributed by atoms with Crippen molar-refractivity contribution in [2.45, 2.75) is 26.7 Å². The number of rotatable bonds is 12. The van der Waals surface area contributed by atoms with Crippen LogP contribution in [0.4, 0.5) is 0 Å². The molecule has 32 heavy (non-hydrogen) atoms. The molecule has 0 aliphatic rings. The molecule has 8 nitrogen and oxygen atoms in total. The van der Waals surface area contributed by atoms with Gasteiger partial charge in [-0.25, -0.2) is 5.43 Å². The van der Waals surface area contributed by atoms with Gasteiger partial charge in [0.1, 0.15) is 12.2 Å². The van der Waals surface area contributed by atoms with Gasteiger partial charge in [0.2, 0.25) is 11.8 Å². The van der Waals surface area contributed by atoms with E-state index in [1.165, 1.54) is 6.21 Å². The van der Waals surface area contributed by atoms with Gasteiger partial charge in [-0.3, -0.25) is 14.4 Å². The molecule has 0 fully saturated rings. The van der Waals surface area contributed by atoms with Gasteiger partial charge in [-0.15, -0.1) is 0 Å². The first-order valence-corrected chi connectivity index (χ1v) is 10.5. The highest BCUT2D eigenvalue weighted by Crippen LogP contribution is 2.10. The molecule has 0 aromatic heterocycles. The largest absolute Gasteiger partial charge is 0.484 e. The Kier molecular flexibility index (Phi) is 10.4. The molecule has 0 saturated carbocycles. The van der Waals surface area contributed by atoms with E-state index in [-0.39, 0.29) is 24.8 Å². The molecule has 0 unspecified atom stereocenters. The van der Waals surface area contributed by atoms with Gasteiger partial charge < -0.3 is 15.4 Å². The van der Waals surface area contributed by atoms with Crippen LogP contribution < -0.4 is 20.8 Å². The zero-order valence-electron chi connectivity index (χ0n) is 18.5. The molecular formula is C24H30N4O4. The van der Waals surface area contributed by atoms with E-state index < -0.39 is 5.91 Å². The summed E-state index contributed by atoms with van der Waals surface area (Å²) in [5.74, 6) is -0.142. The van der Waals surface area contributed by atoms with Crippen molar-refractivity contribution < 1.29 is 19.1 Å². The molecule has 0 aliphatic heterocycles. The Morgan fingerprint density at radius 3 is 2.34 bits per heavy atom. The highest BCUT2D eigenvalue weighted by Gasteiger charge is 2.08. The Morgan fingerprint density at radius 2 is 1.66 bits per heavy atom. The molecule has 0 radical (unpaired) electrons. The number of hydrogen-bond acceptors (Lipinski definition) is 5. The fourth-order valence-corrected chi connectivity index (χ4v) is 2.59. The average Bonchev–Trinajstić information content (AvgIpc) is 2.78. The van der Waals surface area contributed by atoms with E-state index in [2.05, 4.69) is 21.2 Å². The van der Waals surface area contributed by atoms with Crippen molar-refractivity contribution in [1.82, 2.24) is 16.1 Å². The standard InChI is InChI=1S/C24H30N4O4/c1-18(2)15-26-22(29)14-23(30)28-27-16-20-8-10-21(11-9-20)32-17-24(31)25-13-12-19-6-4-3-5-7-19/h3-11,16,18H,12-15,17H2,1-2H3,(H,25,31)(H,26,29)(H,28,30)/b27-16+. The minimum atomic E-state index is -0.485. The van der Waals surface area contributed by atoms with Gasteiger partial charge >= 0.3 is 0 Å². The highest BCUT2D eigenvalue weighted by molar-refractivity contribution is 5.97.